The maximum atomic E-state index is 13.6. The van der Waals surface area contributed by atoms with E-state index in [2.05, 4.69) is 11.5 Å². The second-order valence-electron chi connectivity index (χ2n) is 10.8. The molecule has 1 N–H and O–H groups in total. The van der Waals surface area contributed by atoms with E-state index in [1.807, 2.05) is 12.1 Å². The highest BCUT2D eigenvalue weighted by Gasteiger charge is 2.76. The molecule has 0 unspecified atom stereocenters. The molecule has 8 heteroatoms. The number of nitrogens with zero attached hydrogens (tertiary/aromatic N) is 2. The van der Waals surface area contributed by atoms with Gasteiger partial charge in [-0.1, -0.05) is 24.3 Å². The van der Waals surface area contributed by atoms with E-state index in [1.54, 1.807) is 30.3 Å². The first-order valence-corrected chi connectivity index (χ1v) is 12.9. The predicted octanol–water partition coefficient (Wildman–Crippen LogP) is 2.97. The van der Waals surface area contributed by atoms with E-state index in [0.717, 1.165) is 11.1 Å². The lowest BCUT2D eigenvalue weighted by atomic mass is 9.48. The molecule has 1 saturated heterocycles. The van der Waals surface area contributed by atoms with Crippen LogP contribution in [0.3, 0.4) is 0 Å². The van der Waals surface area contributed by atoms with Gasteiger partial charge in [0.05, 0.1) is 28.6 Å². The fraction of sp³-hybridized carbons (Fsp3) is 0.414. The van der Waals surface area contributed by atoms with Crippen LogP contribution >= 0.6 is 0 Å². The summed E-state index contributed by atoms with van der Waals surface area (Å²) in [7, 11) is 0. The molecule has 37 heavy (non-hydrogen) atoms. The fourth-order valence-electron chi connectivity index (χ4n) is 8.20. The number of amides is 2. The number of likely N-dealkylation sites (tertiary alicyclic amines) is 1. The number of esters is 1. The highest BCUT2D eigenvalue weighted by atomic mass is 16.6. The van der Waals surface area contributed by atoms with Gasteiger partial charge in [-0.25, -0.2) is 0 Å². The molecule has 2 amide bonds. The molecule has 2 bridgehead atoms. The van der Waals surface area contributed by atoms with Crippen LogP contribution < -0.4 is 4.74 Å². The predicted molar refractivity (Wildman–Crippen MR) is 133 cm³/mol. The third kappa shape index (κ3) is 2.59. The Hall–Kier alpha value is -3.65. The van der Waals surface area contributed by atoms with Gasteiger partial charge < -0.3 is 14.6 Å². The molecule has 0 radical (unpaired) electrons. The van der Waals surface area contributed by atoms with Crippen molar-refractivity contribution in [1.29, 1.82) is 0 Å². The van der Waals surface area contributed by atoms with E-state index in [4.69, 9.17) is 9.47 Å². The third-order valence-corrected chi connectivity index (χ3v) is 9.35. The van der Waals surface area contributed by atoms with Gasteiger partial charge in [0, 0.05) is 25.6 Å². The van der Waals surface area contributed by atoms with Gasteiger partial charge in [0.25, 0.3) is 11.8 Å². The number of piperidine rings is 1. The van der Waals surface area contributed by atoms with Crippen molar-refractivity contribution in [2.45, 2.75) is 61.8 Å². The van der Waals surface area contributed by atoms with E-state index >= 15 is 0 Å². The highest BCUT2D eigenvalue weighted by Crippen LogP contribution is 2.67. The van der Waals surface area contributed by atoms with Gasteiger partial charge >= 0.3 is 5.97 Å². The number of phenolic OH excluding ortho intramolecular Hbond substituents is 1. The highest BCUT2D eigenvalue weighted by molar-refractivity contribution is 6.21. The van der Waals surface area contributed by atoms with Crippen LogP contribution in [0, 0.1) is 0 Å². The fourth-order valence-corrected chi connectivity index (χ4v) is 8.20. The quantitative estimate of drug-likeness (QED) is 0.392. The number of phenols is 1. The molecule has 1 spiro atoms. The van der Waals surface area contributed by atoms with Crippen molar-refractivity contribution >= 4 is 17.8 Å². The monoisotopic (exact) mass is 500 g/mol. The van der Waals surface area contributed by atoms with Crippen LogP contribution in [-0.4, -0.2) is 69.6 Å². The number of imide groups is 1. The minimum Gasteiger partial charge on any atom is -0.504 e. The van der Waals surface area contributed by atoms with Crippen LogP contribution in [0.5, 0.6) is 11.5 Å². The minimum absolute atomic E-state index is 0.0207. The second kappa shape index (κ2) is 7.44. The third-order valence-electron chi connectivity index (χ3n) is 9.35. The van der Waals surface area contributed by atoms with E-state index in [0.29, 0.717) is 55.6 Å². The van der Waals surface area contributed by atoms with Crippen LogP contribution in [-0.2, 0) is 21.4 Å². The molecule has 2 fully saturated rings. The molecule has 2 aliphatic carbocycles. The van der Waals surface area contributed by atoms with E-state index in [1.165, 1.54) is 11.8 Å². The van der Waals surface area contributed by atoms with Gasteiger partial charge in [-0.15, -0.1) is 6.58 Å². The largest absolute Gasteiger partial charge is 0.504 e. The van der Waals surface area contributed by atoms with E-state index < -0.39 is 23.2 Å². The molecule has 190 valence electrons. The molecular weight excluding hydrogens is 472 g/mol. The molecule has 0 aromatic heterocycles. The summed E-state index contributed by atoms with van der Waals surface area (Å²) in [5.74, 6) is -0.629. The Morgan fingerprint density at radius 3 is 2.59 bits per heavy atom. The molecule has 1 saturated carbocycles. The lowest BCUT2D eigenvalue weighted by Gasteiger charge is -2.65. The standard InChI is InChI=1S/C29H28N2O6/c1-3-13-30-14-12-28-23-17-8-9-21(33)24(23)36-25(28)20(10-11-29(28,22(30)15-17)37-16(2)32)31-26(34)18-6-4-5-7-19(18)27(31)35/h3-9,20,22,25,33H,1,10-15H2,2H3/t20-,22+,25+,28+,29-/m1/s1. The Morgan fingerprint density at radius 2 is 1.92 bits per heavy atom. The van der Waals surface area contributed by atoms with Crippen LogP contribution in [0.15, 0.2) is 49.1 Å². The average molecular weight is 501 g/mol. The van der Waals surface area contributed by atoms with Crippen LogP contribution in [0.4, 0.5) is 0 Å². The van der Waals surface area contributed by atoms with Crippen molar-refractivity contribution in [3.8, 4) is 11.5 Å². The molecule has 5 atom stereocenters. The average Bonchev–Trinajstić information content (AvgIpc) is 3.35. The summed E-state index contributed by atoms with van der Waals surface area (Å²) in [4.78, 5) is 43.5. The number of hydrogen-bond donors (Lipinski definition) is 1. The number of benzene rings is 2. The zero-order valence-electron chi connectivity index (χ0n) is 20.6. The number of hydrogen-bond acceptors (Lipinski definition) is 7. The first-order valence-electron chi connectivity index (χ1n) is 12.9. The van der Waals surface area contributed by atoms with Crippen molar-refractivity contribution in [2.75, 3.05) is 13.1 Å². The Kier molecular flexibility index (Phi) is 4.54. The summed E-state index contributed by atoms with van der Waals surface area (Å²) in [5, 5.41) is 10.9. The number of fused-ring (bicyclic) bond motifs is 1. The van der Waals surface area contributed by atoms with Crippen molar-refractivity contribution in [3.05, 3.63) is 71.3 Å². The summed E-state index contributed by atoms with van der Waals surface area (Å²) in [5.41, 5.74) is 0.966. The zero-order valence-corrected chi connectivity index (χ0v) is 20.6. The van der Waals surface area contributed by atoms with Crippen molar-refractivity contribution in [1.82, 2.24) is 9.80 Å². The number of aromatic hydroxyl groups is 1. The first-order chi connectivity index (χ1) is 17.8. The molecule has 8 nitrogen and oxygen atoms in total. The molecule has 7 rings (SSSR count). The number of rotatable bonds is 4. The summed E-state index contributed by atoms with van der Waals surface area (Å²) in [6.45, 7) is 6.73. The Labute approximate surface area is 214 Å². The molecule has 2 aromatic carbocycles. The van der Waals surface area contributed by atoms with Gasteiger partial charge in [0.1, 0.15) is 11.7 Å². The number of ether oxygens (including phenoxy) is 2. The maximum absolute atomic E-state index is 13.6. The van der Waals surface area contributed by atoms with Gasteiger partial charge in [-0.05, 0) is 49.4 Å². The molecule has 2 aromatic rings. The molecule has 3 aliphatic heterocycles. The van der Waals surface area contributed by atoms with Gasteiger partial charge in [0.2, 0.25) is 0 Å². The number of carbonyl (C=O) groups is 3. The van der Waals surface area contributed by atoms with E-state index in [-0.39, 0.29) is 29.6 Å². The summed E-state index contributed by atoms with van der Waals surface area (Å²) >= 11 is 0. The molecule has 3 heterocycles. The second-order valence-corrected chi connectivity index (χ2v) is 10.8. The van der Waals surface area contributed by atoms with Gasteiger partial charge in [-0.3, -0.25) is 24.2 Å². The SMILES string of the molecule is C=CCN1CC[C@]23c4c5ccc(O)c4O[C@H]2[C@H](N2C(=O)c4ccccc4C2=O)CC[C@@]3(OC(C)=O)[C@@H]1C5. The number of carbonyl (C=O) groups excluding carboxylic acids is 3. The molecule has 5 aliphatic rings. The van der Waals surface area contributed by atoms with Crippen LogP contribution in [0.1, 0.15) is 58.0 Å². The zero-order chi connectivity index (χ0) is 25.7. The summed E-state index contributed by atoms with van der Waals surface area (Å²) < 4.78 is 13.0. The smallest absolute Gasteiger partial charge is 0.303 e. The summed E-state index contributed by atoms with van der Waals surface area (Å²) in [6, 6.07) is 9.75. The van der Waals surface area contributed by atoms with Gasteiger partial charge in [0.15, 0.2) is 11.5 Å². The maximum Gasteiger partial charge on any atom is 0.303 e. The normalized spacial score (nSPS) is 33.0. The van der Waals surface area contributed by atoms with E-state index in [9.17, 15) is 19.5 Å². The first kappa shape index (κ1) is 22.5. The Bertz CT molecular complexity index is 1370. The lowest BCUT2D eigenvalue weighted by molar-refractivity contribution is -0.220. The van der Waals surface area contributed by atoms with Crippen LogP contribution in [0.25, 0.3) is 0 Å². The van der Waals surface area contributed by atoms with Gasteiger partial charge in [-0.2, -0.15) is 0 Å². The van der Waals surface area contributed by atoms with Crippen molar-refractivity contribution in [3.63, 3.8) is 0 Å². The minimum atomic E-state index is -0.925. The van der Waals surface area contributed by atoms with Crippen molar-refractivity contribution in [2.24, 2.45) is 0 Å². The molecular formula is C29H28N2O6. The topological polar surface area (TPSA) is 96.4 Å². The summed E-state index contributed by atoms with van der Waals surface area (Å²) in [6.07, 6.45) is 3.34. The Morgan fingerprint density at radius 1 is 1.19 bits per heavy atom. The van der Waals surface area contributed by atoms with Crippen LogP contribution in [0.2, 0.25) is 0 Å². The van der Waals surface area contributed by atoms with Crippen molar-refractivity contribution < 1.29 is 29.0 Å². The Balaban J connectivity index is 1.43. The lowest BCUT2D eigenvalue weighted by Crippen LogP contribution is -2.79.